The van der Waals surface area contributed by atoms with Gasteiger partial charge in [0, 0.05) is 29.9 Å². The molecule has 4 rings (SSSR count). The summed E-state index contributed by atoms with van der Waals surface area (Å²) in [4.78, 5) is 0. The summed E-state index contributed by atoms with van der Waals surface area (Å²) in [5.41, 5.74) is 6.25. The molecule has 0 saturated carbocycles. The molecule has 0 unspecified atom stereocenters. The van der Waals surface area contributed by atoms with Crippen LogP contribution in [0.4, 0.5) is 11.4 Å². The van der Waals surface area contributed by atoms with Crippen molar-refractivity contribution >= 4 is 22.3 Å². The number of anilines is 2. The van der Waals surface area contributed by atoms with Crippen molar-refractivity contribution in [3.63, 3.8) is 0 Å². The Kier molecular flexibility index (Phi) is 2.59. The summed E-state index contributed by atoms with van der Waals surface area (Å²) < 4.78 is 0. The molecule has 0 radical (unpaired) electrons. The van der Waals surface area contributed by atoms with Crippen molar-refractivity contribution in [3.05, 3.63) is 53.7 Å². The molecule has 3 aromatic rings. The lowest BCUT2D eigenvalue weighted by Gasteiger charge is -2.11. The molecule has 0 bridgehead atoms. The van der Waals surface area contributed by atoms with E-state index in [-0.39, 0.29) is 0 Å². The van der Waals surface area contributed by atoms with Gasteiger partial charge in [-0.3, -0.25) is 5.10 Å². The molecule has 2 heterocycles. The van der Waals surface area contributed by atoms with Crippen LogP contribution < -0.4 is 10.6 Å². The summed E-state index contributed by atoms with van der Waals surface area (Å²) in [6, 6.07) is 12.8. The Morgan fingerprint density at radius 2 is 2.20 bits per heavy atom. The number of aromatic nitrogens is 2. The Morgan fingerprint density at radius 3 is 3.20 bits per heavy atom. The van der Waals surface area contributed by atoms with Gasteiger partial charge in [-0.2, -0.15) is 5.10 Å². The van der Waals surface area contributed by atoms with Gasteiger partial charge < -0.3 is 10.6 Å². The highest BCUT2D eigenvalue weighted by atomic mass is 15.1. The lowest BCUT2D eigenvalue weighted by Crippen LogP contribution is -2.02. The second-order valence-electron chi connectivity index (χ2n) is 5.15. The maximum Gasteiger partial charge on any atom is 0.0651 e. The van der Waals surface area contributed by atoms with Crippen LogP contribution in [-0.2, 0) is 13.0 Å². The second kappa shape index (κ2) is 4.56. The first-order valence-electron chi connectivity index (χ1n) is 6.92. The van der Waals surface area contributed by atoms with E-state index in [9.17, 15) is 0 Å². The fourth-order valence-electron chi connectivity index (χ4n) is 2.81. The molecule has 0 saturated heterocycles. The smallest absolute Gasteiger partial charge is 0.0651 e. The normalized spacial score (nSPS) is 13.2. The molecule has 100 valence electrons. The Hall–Kier alpha value is -2.49. The van der Waals surface area contributed by atoms with Crippen LogP contribution in [0.15, 0.2) is 42.6 Å². The number of H-pyrrole nitrogens is 1. The van der Waals surface area contributed by atoms with Gasteiger partial charge >= 0.3 is 0 Å². The highest BCUT2D eigenvalue weighted by molar-refractivity contribution is 5.81. The second-order valence-corrected chi connectivity index (χ2v) is 5.15. The van der Waals surface area contributed by atoms with Crippen molar-refractivity contribution in [2.24, 2.45) is 0 Å². The molecule has 0 aliphatic carbocycles. The molecule has 0 spiro atoms. The van der Waals surface area contributed by atoms with Gasteiger partial charge in [0.1, 0.15) is 0 Å². The van der Waals surface area contributed by atoms with Crippen molar-refractivity contribution < 1.29 is 0 Å². The molecule has 0 atom stereocenters. The van der Waals surface area contributed by atoms with Gasteiger partial charge in [-0.1, -0.05) is 18.2 Å². The number of fused-ring (bicyclic) bond motifs is 2. The van der Waals surface area contributed by atoms with Gasteiger partial charge in [0.15, 0.2) is 0 Å². The molecule has 2 aromatic carbocycles. The summed E-state index contributed by atoms with van der Waals surface area (Å²) in [5.74, 6) is 0. The van der Waals surface area contributed by atoms with Crippen molar-refractivity contribution in [3.8, 4) is 0 Å². The van der Waals surface area contributed by atoms with Crippen molar-refractivity contribution in [2.45, 2.75) is 13.0 Å². The number of nitrogens with one attached hydrogen (secondary N) is 3. The fraction of sp³-hybridized carbons (Fsp3) is 0.188. The number of nitrogens with zero attached hydrogens (tertiary/aromatic N) is 1. The Labute approximate surface area is 117 Å². The number of hydrogen-bond acceptors (Lipinski definition) is 3. The monoisotopic (exact) mass is 264 g/mol. The average molecular weight is 264 g/mol. The van der Waals surface area contributed by atoms with Gasteiger partial charge in [0.05, 0.1) is 11.7 Å². The van der Waals surface area contributed by atoms with E-state index in [1.807, 2.05) is 6.20 Å². The molecule has 3 N–H and O–H groups in total. The van der Waals surface area contributed by atoms with Crippen LogP contribution in [0.3, 0.4) is 0 Å². The first kappa shape index (κ1) is 11.3. The van der Waals surface area contributed by atoms with Gasteiger partial charge in [-0.05, 0) is 35.7 Å². The maximum absolute atomic E-state index is 4.05. The standard InChI is InChI=1S/C16H16N4/c1-2-11-6-7-17-16(11)12(3-1)9-18-14-4-5-15-13(8-14)10-19-20-15/h1-5,8,10,17-18H,6-7,9H2,(H,19,20). The number of aromatic amines is 1. The van der Waals surface area contributed by atoms with Crippen molar-refractivity contribution in [2.75, 3.05) is 17.2 Å². The third-order valence-electron chi connectivity index (χ3n) is 3.86. The van der Waals surface area contributed by atoms with E-state index >= 15 is 0 Å². The zero-order chi connectivity index (χ0) is 13.4. The minimum atomic E-state index is 0.833. The average Bonchev–Trinajstić information content (AvgIpc) is 3.13. The summed E-state index contributed by atoms with van der Waals surface area (Å²) >= 11 is 0. The molecule has 4 heteroatoms. The van der Waals surface area contributed by atoms with Gasteiger partial charge in [-0.25, -0.2) is 0 Å². The van der Waals surface area contributed by atoms with Gasteiger partial charge in [0.25, 0.3) is 0 Å². The van der Waals surface area contributed by atoms with Crippen molar-refractivity contribution in [1.29, 1.82) is 0 Å². The van der Waals surface area contributed by atoms with E-state index in [4.69, 9.17) is 0 Å². The molecule has 0 amide bonds. The predicted octanol–water partition coefficient (Wildman–Crippen LogP) is 3.14. The van der Waals surface area contributed by atoms with E-state index in [1.165, 1.54) is 16.8 Å². The summed E-state index contributed by atoms with van der Waals surface area (Å²) in [5, 5.41) is 15.1. The molecular formula is C16H16N4. The molecule has 1 aliphatic heterocycles. The topological polar surface area (TPSA) is 52.7 Å². The van der Waals surface area contributed by atoms with Crippen molar-refractivity contribution in [1.82, 2.24) is 10.2 Å². The summed E-state index contributed by atoms with van der Waals surface area (Å²) in [6.45, 7) is 1.88. The predicted molar refractivity (Wildman–Crippen MR) is 82.1 cm³/mol. The Balaban J connectivity index is 1.57. The van der Waals surface area contributed by atoms with E-state index < -0.39 is 0 Å². The molecule has 1 aromatic heterocycles. The van der Waals surface area contributed by atoms with Crippen LogP contribution in [0.2, 0.25) is 0 Å². The highest BCUT2D eigenvalue weighted by Crippen LogP contribution is 2.27. The number of rotatable bonds is 3. The maximum atomic E-state index is 4.05. The van der Waals surface area contributed by atoms with E-state index in [2.05, 4.69) is 57.2 Å². The lowest BCUT2D eigenvalue weighted by molar-refractivity contribution is 1.11. The van der Waals surface area contributed by atoms with E-state index in [1.54, 1.807) is 0 Å². The lowest BCUT2D eigenvalue weighted by atomic mass is 10.1. The third-order valence-corrected chi connectivity index (χ3v) is 3.86. The minimum Gasteiger partial charge on any atom is -0.384 e. The Bertz CT molecular complexity index is 760. The third kappa shape index (κ3) is 1.90. The minimum absolute atomic E-state index is 0.833. The van der Waals surface area contributed by atoms with E-state index in [0.717, 1.165) is 36.1 Å². The zero-order valence-corrected chi connectivity index (χ0v) is 11.1. The van der Waals surface area contributed by atoms with Crippen LogP contribution in [0.5, 0.6) is 0 Å². The quantitative estimate of drug-likeness (QED) is 0.681. The summed E-state index contributed by atoms with van der Waals surface area (Å²) in [6.07, 6.45) is 2.98. The summed E-state index contributed by atoms with van der Waals surface area (Å²) in [7, 11) is 0. The largest absolute Gasteiger partial charge is 0.384 e. The highest BCUT2D eigenvalue weighted by Gasteiger charge is 2.13. The molecule has 1 aliphatic rings. The molecular weight excluding hydrogens is 248 g/mol. The van der Waals surface area contributed by atoms with Crippen LogP contribution >= 0.6 is 0 Å². The van der Waals surface area contributed by atoms with E-state index in [0.29, 0.717) is 0 Å². The first-order valence-corrected chi connectivity index (χ1v) is 6.92. The van der Waals surface area contributed by atoms with Gasteiger partial charge in [-0.15, -0.1) is 0 Å². The van der Waals surface area contributed by atoms with Crippen LogP contribution in [0.25, 0.3) is 10.9 Å². The van der Waals surface area contributed by atoms with Crippen LogP contribution in [0, 0.1) is 0 Å². The Morgan fingerprint density at radius 1 is 1.20 bits per heavy atom. The zero-order valence-electron chi connectivity index (χ0n) is 11.1. The first-order chi connectivity index (χ1) is 9.90. The number of benzene rings is 2. The van der Waals surface area contributed by atoms with Gasteiger partial charge in [0.2, 0.25) is 0 Å². The van der Waals surface area contributed by atoms with Crippen LogP contribution in [-0.4, -0.2) is 16.7 Å². The molecule has 4 nitrogen and oxygen atoms in total. The SMILES string of the molecule is c1cc2c(c(CNc3ccc4[nH]ncc4c3)c1)NCC2. The fourth-order valence-corrected chi connectivity index (χ4v) is 2.81. The molecule has 20 heavy (non-hydrogen) atoms. The number of hydrogen-bond donors (Lipinski definition) is 3. The molecule has 0 fully saturated rings. The number of para-hydroxylation sites is 1. The van der Waals surface area contributed by atoms with Crippen LogP contribution in [0.1, 0.15) is 11.1 Å².